The largest absolute Gasteiger partial charge is 0.352 e. The average Bonchev–Trinajstić information content (AvgIpc) is 2.88. The van der Waals surface area contributed by atoms with Crippen LogP contribution in [0.3, 0.4) is 0 Å². The van der Waals surface area contributed by atoms with Crippen LogP contribution in [-0.4, -0.2) is 28.6 Å². The van der Waals surface area contributed by atoms with Crippen LogP contribution in [0.25, 0.3) is 0 Å². The van der Waals surface area contributed by atoms with E-state index in [1.807, 2.05) is 19.9 Å². The van der Waals surface area contributed by atoms with Crippen molar-refractivity contribution in [1.29, 1.82) is 0 Å². The molecule has 2 rings (SSSR count). The van der Waals surface area contributed by atoms with Crippen molar-refractivity contribution in [2.45, 2.75) is 13.8 Å². The second-order valence-electron chi connectivity index (χ2n) is 4.56. The molecule has 1 aromatic heterocycles. The molecule has 0 radical (unpaired) electrons. The van der Waals surface area contributed by atoms with E-state index in [1.54, 1.807) is 12.1 Å². The minimum atomic E-state index is -0.391. The lowest BCUT2D eigenvalue weighted by molar-refractivity contribution is 0.0956. The molecule has 2 amide bonds. The number of nitrogens with one attached hydrogen (secondary N) is 3. The molecule has 0 aliphatic carbocycles. The Morgan fingerprint density at radius 2 is 1.95 bits per heavy atom. The molecule has 6 nitrogen and oxygen atoms in total. The third-order valence-electron chi connectivity index (χ3n) is 2.90. The molecular formula is C14H14Br2N4O2. The number of anilines is 1. The van der Waals surface area contributed by atoms with Gasteiger partial charge in [-0.05, 0) is 47.5 Å². The van der Waals surface area contributed by atoms with Gasteiger partial charge >= 0.3 is 0 Å². The van der Waals surface area contributed by atoms with E-state index in [0.717, 1.165) is 10.0 Å². The Kier molecular flexibility index (Phi) is 5.36. The highest BCUT2D eigenvalue weighted by molar-refractivity contribution is 9.10. The first-order valence-electron chi connectivity index (χ1n) is 6.53. The van der Waals surface area contributed by atoms with E-state index < -0.39 is 5.91 Å². The second-order valence-corrected chi connectivity index (χ2v) is 6.33. The van der Waals surface area contributed by atoms with Gasteiger partial charge < -0.3 is 10.6 Å². The Bertz CT molecular complexity index is 728. The number of carbonyl (C=O) groups is 2. The van der Waals surface area contributed by atoms with Crippen molar-refractivity contribution in [1.82, 2.24) is 15.5 Å². The smallest absolute Gasteiger partial charge is 0.276 e. The van der Waals surface area contributed by atoms with E-state index in [0.29, 0.717) is 22.4 Å². The Morgan fingerprint density at radius 3 is 2.55 bits per heavy atom. The summed E-state index contributed by atoms with van der Waals surface area (Å²) in [5.41, 5.74) is 1.88. The van der Waals surface area contributed by atoms with Crippen molar-refractivity contribution in [2.75, 3.05) is 11.9 Å². The van der Waals surface area contributed by atoms with Gasteiger partial charge in [0.25, 0.3) is 11.8 Å². The minimum Gasteiger partial charge on any atom is -0.352 e. The molecule has 0 fully saturated rings. The highest BCUT2D eigenvalue weighted by atomic mass is 79.9. The van der Waals surface area contributed by atoms with Crippen LogP contribution in [0, 0.1) is 6.92 Å². The highest BCUT2D eigenvalue weighted by Gasteiger charge is 2.18. The number of halogens is 2. The van der Waals surface area contributed by atoms with Crippen LogP contribution in [0.5, 0.6) is 0 Å². The summed E-state index contributed by atoms with van der Waals surface area (Å²) in [4.78, 5) is 24.4. The van der Waals surface area contributed by atoms with Crippen LogP contribution in [0.2, 0.25) is 0 Å². The average molecular weight is 430 g/mol. The van der Waals surface area contributed by atoms with Crippen LogP contribution >= 0.6 is 31.9 Å². The fraction of sp³-hybridized carbons (Fsp3) is 0.214. The second kappa shape index (κ2) is 7.06. The molecule has 0 aliphatic heterocycles. The first kappa shape index (κ1) is 16.7. The number of carbonyl (C=O) groups excluding carboxylic acids is 2. The van der Waals surface area contributed by atoms with Gasteiger partial charge in [-0.1, -0.05) is 15.9 Å². The molecule has 22 heavy (non-hydrogen) atoms. The molecule has 1 heterocycles. The zero-order valence-corrected chi connectivity index (χ0v) is 15.1. The molecule has 0 aliphatic rings. The lowest BCUT2D eigenvalue weighted by Gasteiger charge is -2.14. The molecule has 116 valence electrons. The third-order valence-corrected chi connectivity index (χ3v) is 3.76. The number of benzene rings is 1. The summed E-state index contributed by atoms with van der Waals surface area (Å²) in [6, 6.07) is 5.07. The summed E-state index contributed by atoms with van der Waals surface area (Å²) in [6.45, 7) is 4.16. The van der Waals surface area contributed by atoms with E-state index in [9.17, 15) is 9.59 Å². The van der Waals surface area contributed by atoms with E-state index in [1.165, 1.54) is 0 Å². The molecule has 0 saturated carbocycles. The first-order chi connectivity index (χ1) is 10.4. The highest BCUT2D eigenvalue weighted by Crippen LogP contribution is 2.26. The number of H-pyrrole nitrogens is 1. The van der Waals surface area contributed by atoms with Crippen molar-refractivity contribution in [2.24, 2.45) is 0 Å². The molecule has 0 unspecified atom stereocenters. The lowest BCUT2D eigenvalue weighted by Crippen LogP contribution is -2.25. The molecule has 0 atom stereocenters. The summed E-state index contributed by atoms with van der Waals surface area (Å²) < 4.78 is 1.38. The summed E-state index contributed by atoms with van der Waals surface area (Å²) in [7, 11) is 0. The maximum Gasteiger partial charge on any atom is 0.276 e. The maximum atomic E-state index is 12.2. The van der Waals surface area contributed by atoms with Crippen LogP contribution in [0.4, 0.5) is 5.69 Å². The molecule has 2 aromatic rings. The SMILES string of the molecule is CCNC(=O)c1cc(Br)cc(C)c1NC(=O)c1cc(Br)[nH]n1. The first-order valence-corrected chi connectivity index (χ1v) is 8.11. The zero-order chi connectivity index (χ0) is 16.3. The summed E-state index contributed by atoms with van der Waals surface area (Å²) in [6.07, 6.45) is 0. The monoisotopic (exact) mass is 428 g/mol. The number of aromatic nitrogens is 2. The Labute approximate surface area is 144 Å². The van der Waals surface area contributed by atoms with Gasteiger partial charge in [-0.2, -0.15) is 5.10 Å². The maximum absolute atomic E-state index is 12.2. The molecule has 0 saturated heterocycles. The molecule has 8 heteroatoms. The number of aromatic amines is 1. The van der Waals surface area contributed by atoms with Gasteiger partial charge in [-0.3, -0.25) is 14.7 Å². The van der Waals surface area contributed by atoms with E-state index in [4.69, 9.17) is 0 Å². The normalized spacial score (nSPS) is 10.4. The molecule has 3 N–H and O–H groups in total. The molecule has 0 bridgehead atoms. The predicted octanol–water partition coefficient (Wildman–Crippen LogP) is 3.25. The topological polar surface area (TPSA) is 86.9 Å². The number of aryl methyl sites for hydroxylation is 1. The lowest BCUT2D eigenvalue weighted by atomic mass is 10.1. The zero-order valence-electron chi connectivity index (χ0n) is 12.0. The third kappa shape index (κ3) is 3.75. The predicted molar refractivity (Wildman–Crippen MR) is 91.1 cm³/mol. The summed E-state index contributed by atoms with van der Waals surface area (Å²) >= 11 is 6.56. The fourth-order valence-electron chi connectivity index (χ4n) is 1.94. The van der Waals surface area contributed by atoms with Gasteiger partial charge in [0.15, 0.2) is 5.69 Å². The quantitative estimate of drug-likeness (QED) is 0.697. The Hall–Kier alpha value is -1.67. The summed E-state index contributed by atoms with van der Waals surface area (Å²) in [5, 5.41) is 12.0. The minimum absolute atomic E-state index is 0.232. The van der Waals surface area contributed by atoms with Crippen LogP contribution in [0.15, 0.2) is 27.3 Å². The van der Waals surface area contributed by atoms with Gasteiger partial charge in [-0.15, -0.1) is 0 Å². The van der Waals surface area contributed by atoms with Crippen molar-refractivity contribution in [3.8, 4) is 0 Å². The van der Waals surface area contributed by atoms with Crippen LogP contribution in [-0.2, 0) is 0 Å². The molecular weight excluding hydrogens is 416 g/mol. The van der Waals surface area contributed by atoms with Gasteiger partial charge in [0.1, 0.15) is 4.60 Å². The van der Waals surface area contributed by atoms with Crippen molar-refractivity contribution >= 4 is 49.4 Å². The molecule has 1 aromatic carbocycles. The number of rotatable bonds is 4. The van der Waals surface area contributed by atoms with Gasteiger partial charge in [0.05, 0.1) is 11.3 Å². The van der Waals surface area contributed by atoms with Gasteiger partial charge in [0.2, 0.25) is 0 Å². The van der Waals surface area contributed by atoms with Gasteiger partial charge in [0, 0.05) is 17.1 Å². The number of nitrogens with zero attached hydrogens (tertiary/aromatic N) is 1. The van der Waals surface area contributed by atoms with E-state index in [2.05, 4.69) is 52.7 Å². The Balaban J connectivity index is 2.37. The number of hydrogen-bond acceptors (Lipinski definition) is 3. The van der Waals surface area contributed by atoms with E-state index in [-0.39, 0.29) is 11.6 Å². The van der Waals surface area contributed by atoms with Gasteiger partial charge in [-0.25, -0.2) is 0 Å². The summed E-state index contributed by atoms with van der Waals surface area (Å²) in [5.74, 6) is -0.636. The standard InChI is InChI=1S/C14H14Br2N4O2/c1-3-17-13(21)9-5-8(15)4-7(2)12(9)18-14(22)10-6-11(16)20-19-10/h4-6H,3H2,1-2H3,(H,17,21)(H,18,22)(H,19,20). The van der Waals surface area contributed by atoms with Crippen molar-refractivity contribution in [3.05, 3.63) is 44.1 Å². The van der Waals surface area contributed by atoms with E-state index >= 15 is 0 Å². The fourth-order valence-corrected chi connectivity index (χ4v) is 2.81. The molecule has 0 spiro atoms. The van der Waals surface area contributed by atoms with Crippen molar-refractivity contribution < 1.29 is 9.59 Å². The van der Waals surface area contributed by atoms with Crippen LogP contribution in [0.1, 0.15) is 33.3 Å². The number of hydrogen-bond donors (Lipinski definition) is 3. The Morgan fingerprint density at radius 1 is 1.23 bits per heavy atom. The van der Waals surface area contributed by atoms with Crippen molar-refractivity contribution in [3.63, 3.8) is 0 Å². The number of amides is 2. The van der Waals surface area contributed by atoms with Crippen LogP contribution < -0.4 is 10.6 Å².